The number of aliphatic hydroxyl groups is 1. The molecule has 6 nitrogen and oxygen atoms in total. The van der Waals surface area contributed by atoms with Crippen LogP contribution in [0.4, 0.5) is 17.6 Å². The molecule has 2 N–H and O–H groups in total. The maximum atomic E-state index is 14.6. The molecule has 1 fully saturated rings. The number of carbonyl (C=O) groups is 1. The van der Waals surface area contributed by atoms with E-state index in [9.17, 15) is 32.3 Å². The molecule has 1 aromatic heterocycles. The number of nitrogens with zero attached hydrogens (tertiary/aromatic N) is 2. The van der Waals surface area contributed by atoms with Crippen LogP contribution in [0.5, 0.6) is 0 Å². The molecule has 0 spiro atoms. The second kappa shape index (κ2) is 7.08. The lowest BCUT2D eigenvalue weighted by Crippen LogP contribution is -2.54. The molecule has 1 heterocycles. The summed E-state index contributed by atoms with van der Waals surface area (Å²) in [5.41, 5.74) is -3.20. The summed E-state index contributed by atoms with van der Waals surface area (Å²) < 4.78 is 54.7. The number of carbonyl (C=O) groups excluding carboxylic acids is 1. The van der Waals surface area contributed by atoms with Crippen molar-refractivity contribution in [2.75, 3.05) is 0 Å². The fourth-order valence-electron chi connectivity index (χ4n) is 3.61. The van der Waals surface area contributed by atoms with Crippen molar-refractivity contribution in [3.8, 4) is 0 Å². The third-order valence-corrected chi connectivity index (χ3v) is 4.97. The van der Waals surface area contributed by atoms with Gasteiger partial charge < -0.3 is 10.4 Å². The summed E-state index contributed by atoms with van der Waals surface area (Å²) in [5, 5.41) is 15.6. The minimum Gasteiger partial charge on any atom is -0.390 e. The van der Waals surface area contributed by atoms with Crippen LogP contribution >= 0.6 is 0 Å². The number of hydrogen-bond acceptors (Lipinski definition) is 4. The molecular weight excluding hydrogens is 394 g/mol. The van der Waals surface area contributed by atoms with Gasteiger partial charge in [0.25, 0.3) is 5.56 Å². The van der Waals surface area contributed by atoms with E-state index in [0.717, 1.165) is 10.7 Å². The molecule has 29 heavy (non-hydrogen) atoms. The average Bonchev–Trinajstić information content (AvgIpc) is 2.54. The highest BCUT2D eigenvalue weighted by Crippen LogP contribution is 2.35. The Morgan fingerprint density at radius 1 is 1.38 bits per heavy atom. The van der Waals surface area contributed by atoms with Crippen LogP contribution in [0.3, 0.4) is 0 Å². The number of rotatable bonds is 4. The number of nitrogens with one attached hydrogen (secondary N) is 1. The molecule has 0 bridgehead atoms. The van der Waals surface area contributed by atoms with Gasteiger partial charge in [0, 0.05) is 11.4 Å². The van der Waals surface area contributed by atoms with Gasteiger partial charge in [0.1, 0.15) is 12.4 Å². The van der Waals surface area contributed by atoms with E-state index < -0.39 is 52.5 Å². The summed E-state index contributed by atoms with van der Waals surface area (Å²) in [7, 11) is 0. The first-order valence-electron chi connectivity index (χ1n) is 9.12. The summed E-state index contributed by atoms with van der Waals surface area (Å²) in [6.07, 6.45) is -4.16. The minimum atomic E-state index is -4.91. The fraction of sp³-hybridized carbons (Fsp3) is 0.526. The standard InChI is InChI=1S/C19H21F4N3O3/c1-9(2)16-14-11(4-5-12(15(14)20)19(21,22)23)17(28)26(25-16)8-13(27)24-10-6-18(3,29)7-10/h4-5,9-10,29H,6-8H2,1-3H3,(H,24,27). The van der Waals surface area contributed by atoms with Crippen LogP contribution in [-0.2, 0) is 17.5 Å². The zero-order valence-corrected chi connectivity index (χ0v) is 16.1. The van der Waals surface area contributed by atoms with Crippen molar-refractivity contribution in [3.63, 3.8) is 0 Å². The first kappa shape index (κ1) is 21.2. The van der Waals surface area contributed by atoms with Gasteiger partial charge in [-0.2, -0.15) is 18.3 Å². The van der Waals surface area contributed by atoms with Crippen LogP contribution in [0.25, 0.3) is 10.8 Å². The van der Waals surface area contributed by atoms with Gasteiger partial charge in [-0.3, -0.25) is 9.59 Å². The fourth-order valence-corrected chi connectivity index (χ4v) is 3.61. The van der Waals surface area contributed by atoms with Gasteiger partial charge in [0.05, 0.1) is 22.2 Å². The van der Waals surface area contributed by atoms with E-state index in [1.807, 2.05) is 0 Å². The highest BCUT2D eigenvalue weighted by atomic mass is 19.4. The third-order valence-electron chi connectivity index (χ3n) is 4.97. The summed E-state index contributed by atoms with van der Waals surface area (Å²) in [6, 6.07) is 1.20. The number of halogens is 4. The number of alkyl halides is 3. The van der Waals surface area contributed by atoms with Gasteiger partial charge in [0.2, 0.25) is 5.91 Å². The number of hydrogen-bond donors (Lipinski definition) is 2. The largest absolute Gasteiger partial charge is 0.419 e. The smallest absolute Gasteiger partial charge is 0.390 e. The topological polar surface area (TPSA) is 84.2 Å². The van der Waals surface area contributed by atoms with Crippen LogP contribution in [0.1, 0.15) is 50.8 Å². The van der Waals surface area contributed by atoms with Gasteiger partial charge in [-0.05, 0) is 37.8 Å². The van der Waals surface area contributed by atoms with E-state index in [0.29, 0.717) is 18.9 Å². The first-order chi connectivity index (χ1) is 13.3. The SMILES string of the molecule is CC(C)c1nn(CC(=O)NC2CC(C)(O)C2)c(=O)c2ccc(C(F)(F)F)c(F)c12. The quantitative estimate of drug-likeness (QED) is 0.753. The van der Waals surface area contributed by atoms with Gasteiger partial charge >= 0.3 is 6.18 Å². The van der Waals surface area contributed by atoms with E-state index in [1.165, 1.54) is 0 Å². The Kier molecular flexibility index (Phi) is 5.18. The monoisotopic (exact) mass is 415 g/mol. The number of benzene rings is 1. The van der Waals surface area contributed by atoms with Crippen molar-refractivity contribution in [3.05, 3.63) is 39.6 Å². The predicted molar refractivity (Wildman–Crippen MR) is 96.8 cm³/mol. The van der Waals surface area contributed by atoms with Crippen LogP contribution in [0.15, 0.2) is 16.9 Å². The molecule has 3 rings (SSSR count). The first-order valence-corrected chi connectivity index (χ1v) is 9.12. The van der Waals surface area contributed by atoms with Gasteiger partial charge in [-0.15, -0.1) is 0 Å². The summed E-state index contributed by atoms with van der Waals surface area (Å²) in [5.74, 6) is -2.56. The lowest BCUT2D eigenvalue weighted by atomic mass is 9.77. The number of aromatic nitrogens is 2. The van der Waals surface area contributed by atoms with Crippen molar-refractivity contribution >= 4 is 16.7 Å². The third kappa shape index (κ3) is 4.12. The lowest BCUT2D eigenvalue weighted by Gasteiger charge is -2.41. The van der Waals surface area contributed by atoms with Gasteiger partial charge in [-0.25, -0.2) is 9.07 Å². The van der Waals surface area contributed by atoms with Gasteiger partial charge in [0.15, 0.2) is 0 Å². The highest BCUT2D eigenvalue weighted by molar-refractivity contribution is 5.86. The molecule has 0 unspecified atom stereocenters. The van der Waals surface area contributed by atoms with E-state index in [2.05, 4.69) is 10.4 Å². The van der Waals surface area contributed by atoms with Crippen LogP contribution in [0, 0.1) is 5.82 Å². The maximum absolute atomic E-state index is 14.6. The average molecular weight is 415 g/mol. The molecule has 1 aromatic carbocycles. The van der Waals surface area contributed by atoms with Crippen LogP contribution < -0.4 is 10.9 Å². The molecule has 1 aliphatic rings. The summed E-state index contributed by atoms with van der Waals surface area (Å²) >= 11 is 0. The molecule has 0 radical (unpaired) electrons. The van der Waals surface area contributed by atoms with E-state index in [1.54, 1.807) is 20.8 Å². The Labute approximate surface area is 163 Å². The Morgan fingerprint density at radius 3 is 2.52 bits per heavy atom. The predicted octanol–water partition coefficient (Wildman–Crippen LogP) is 2.71. The molecule has 0 aliphatic heterocycles. The molecule has 0 atom stereocenters. The van der Waals surface area contributed by atoms with Crippen molar-refractivity contribution < 1.29 is 27.5 Å². The van der Waals surface area contributed by atoms with E-state index in [4.69, 9.17) is 0 Å². The highest BCUT2D eigenvalue weighted by Gasteiger charge is 2.39. The molecule has 158 valence electrons. The molecule has 0 saturated heterocycles. The van der Waals surface area contributed by atoms with Crippen molar-refractivity contribution in [2.24, 2.45) is 0 Å². The van der Waals surface area contributed by atoms with Crippen LogP contribution in [-0.4, -0.2) is 32.4 Å². The number of fused-ring (bicyclic) bond motifs is 1. The number of amides is 1. The van der Waals surface area contributed by atoms with Crippen LogP contribution in [0.2, 0.25) is 0 Å². The Hall–Kier alpha value is -2.49. The summed E-state index contributed by atoms with van der Waals surface area (Å²) in [6.45, 7) is 4.39. The zero-order chi connectivity index (χ0) is 21.7. The minimum absolute atomic E-state index is 0.0393. The van der Waals surface area contributed by atoms with Crippen molar-refractivity contribution in [1.82, 2.24) is 15.1 Å². The lowest BCUT2D eigenvalue weighted by molar-refractivity contribution is -0.139. The normalized spacial score (nSPS) is 22.0. The second-order valence-corrected chi connectivity index (χ2v) is 8.02. The molecule has 1 aliphatic carbocycles. The summed E-state index contributed by atoms with van der Waals surface area (Å²) in [4.78, 5) is 24.9. The van der Waals surface area contributed by atoms with Crippen molar-refractivity contribution in [1.29, 1.82) is 0 Å². The molecule has 1 amide bonds. The molecule has 2 aromatic rings. The maximum Gasteiger partial charge on any atom is 0.419 e. The van der Waals surface area contributed by atoms with Crippen molar-refractivity contribution in [2.45, 2.75) is 63.9 Å². The van der Waals surface area contributed by atoms with E-state index in [-0.39, 0.29) is 17.1 Å². The molecule has 10 heteroatoms. The molecule has 1 saturated carbocycles. The Morgan fingerprint density at radius 2 is 2.00 bits per heavy atom. The Balaban J connectivity index is 2.01. The second-order valence-electron chi connectivity index (χ2n) is 8.02. The van der Waals surface area contributed by atoms with Gasteiger partial charge in [-0.1, -0.05) is 13.8 Å². The van der Waals surface area contributed by atoms with E-state index >= 15 is 0 Å². The Bertz CT molecular complexity index is 1020. The zero-order valence-electron chi connectivity index (χ0n) is 16.1. The molecular formula is C19H21F4N3O3.